The molecule has 0 fully saturated rings. The van der Waals surface area contributed by atoms with Crippen LogP contribution in [0.25, 0.3) is 0 Å². The first-order valence-electron chi connectivity index (χ1n) is 4.13. The van der Waals surface area contributed by atoms with Crippen LogP contribution in [-0.4, -0.2) is 20.6 Å². The highest BCUT2D eigenvalue weighted by Gasteiger charge is 2.21. The first-order valence-corrected chi connectivity index (χ1v) is 4.92. The number of aromatic nitrogens is 1. The molecule has 8 heteroatoms. The molecule has 0 saturated carbocycles. The number of nitro groups is 1. The van der Waals surface area contributed by atoms with Gasteiger partial charge in [0.05, 0.1) is 4.92 Å². The Bertz CT molecular complexity index is 510. The van der Waals surface area contributed by atoms with Gasteiger partial charge in [-0.15, -0.1) is 0 Å². The molecule has 7 nitrogen and oxygen atoms in total. The number of carboxylic acid groups (broad SMARTS) is 1. The average molecular weight is 291 g/mol. The molecular weight excluding hydrogens is 284 g/mol. The summed E-state index contributed by atoms with van der Waals surface area (Å²) in [5, 5.41) is 19.3. The van der Waals surface area contributed by atoms with Gasteiger partial charge in [0, 0.05) is 16.7 Å². The molecule has 0 saturated heterocycles. The van der Waals surface area contributed by atoms with Crippen molar-refractivity contribution in [1.82, 2.24) is 4.57 Å². The number of pyridine rings is 1. The van der Waals surface area contributed by atoms with Gasteiger partial charge in [-0.2, -0.15) is 0 Å². The van der Waals surface area contributed by atoms with Crippen LogP contribution in [0.2, 0.25) is 0 Å². The van der Waals surface area contributed by atoms with E-state index in [-0.39, 0.29) is 4.47 Å². The standard InChI is InChI=1S/C8H7BrN2O5/c1-4(8(13)14)10-3-5(9)2-6(7(10)12)11(15)16/h2-4H,1H3,(H,13,14). The Balaban J connectivity index is 3.47. The molecule has 1 N–H and O–H groups in total. The lowest BCUT2D eigenvalue weighted by molar-refractivity contribution is -0.386. The molecule has 86 valence electrons. The van der Waals surface area contributed by atoms with Gasteiger partial charge in [-0.3, -0.25) is 19.5 Å². The number of carbonyl (C=O) groups is 1. The molecule has 16 heavy (non-hydrogen) atoms. The Labute approximate surface area is 97.6 Å². The van der Waals surface area contributed by atoms with E-state index < -0.39 is 28.2 Å². The second-order valence-corrected chi connectivity index (χ2v) is 3.94. The van der Waals surface area contributed by atoms with Crippen LogP contribution in [0, 0.1) is 10.1 Å². The Morgan fingerprint density at radius 2 is 2.25 bits per heavy atom. The summed E-state index contributed by atoms with van der Waals surface area (Å²) in [6.45, 7) is 1.26. The SMILES string of the molecule is CC(C(=O)O)n1cc(Br)cc([N+](=O)[O-])c1=O. The highest BCUT2D eigenvalue weighted by Crippen LogP contribution is 2.16. The molecule has 1 rings (SSSR count). The van der Waals surface area contributed by atoms with E-state index >= 15 is 0 Å². The molecule has 1 atom stereocenters. The quantitative estimate of drug-likeness (QED) is 0.665. The van der Waals surface area contributed by atoms with Crippen LogP contribution in [0.3, 0.4) is 0 Å². The zero-order valence-electron chi connectivity index (χ0n) is 8.08. The lowest BCUT2D eigenvalue weighted by atomic mass is 10.3. The average Bonchev–Trinajstić information content (AvgIpc) is 2.19. The second kappa shape index (κ2) is 4.44. The summed E-state index contributed by atoms with van der Waals surface area (Å²) in [5.74, 6) is -1.24. The van der Waals surface area contributed by atoms with Gasteiger partial charge in [0.15, 0.2) is 0 Å². The fourth-order valence-corrected chi connectivity index (χ4v) is 1.53. The minimum atomic E-state index is -1.24. The third kappa shape index (κ3) is 2.27. The van der Waals surface area contributed by atoms with E-state index in [1.807, 2.05) is 0 Å². The van der Waals surface area contributed by atoms with E-state index in [9.17, 15) is 19.7 Å². The molecule has 0 aliphatic heterocycles. The van der Waals surface area contributed by atoms with Crippen LogP contribution >= 0.6 is 15.9 Å². The van der Waals surface area contributed by atoms with Crippen LogP contribution in [0.4, 0.5) is 5.69 Å². The Morgan fingerprint density at radius 1 is 1.69 bits per heavy atom. The molecule has 0 radical (unpaired) electrons. The maximum atomic E-state index is 11.5. The van der Waals surface area contributed by atoms with Crippen LogP contribution in [0.1, 0.15) is 13.0 Å². The van der Waals surface area contributed by atoms with Crippen LogP contribution < -0.4 is 5.56 Å². The summed E-state index contributed by atoms with van der Waals surface area (Å²) < 4.78 is 1.07. The largest absolute Gasteiger partial charge is 0.480 e. The molecule has 1 unspecified atom stereocenters. The van der Waals surface area contributed by atoms with Crippen molar-refractivity contribution in [1.29, 1.82) is 0 Å². The Kier molecular flexibility index (Phi) is 3.43. The molecule has 0 aliphatic carbocycles. The van der Waals surface area contributed by atoms with Crippen molar-refractivity contribution in [2.45, 2.75) is 13.0 Å². The van der Waals surface area contributed by atoms with Crippen LogP contribution in [0.5, 0.6) is 0 Å². The van der Waals surface area contributed by atoms with Gasteiger partial charge >= 0.3 is 17.2 Å². The predicted octanol–water partition coefficient (Wildman–Crippen LogP) is 1.16. The second-order valence-electron chi connectivity index (χ2n) is 3.03. The topological polar surface area (TPSA) is 102 Å². The number of carboxylic acids is 1. The number of nitrogens with zero attached hydrogens (tertiary/aromatic N) is 2. The van der Waals surface area contributed by atoms with Crippen molar-refractivity contribution in [3.05, 3.63) is 37.2 Å². The lowest BCUT2D eigenvalue weighted by Gasteiger charge is -2.10. The summed E-state index contributed by atoms with van der Waals surface area (Å²) in [5.41, 5.74) is -1.61. The first kappa shape index (κ1) is 12.4. The van der Waals surface area contributed by atoms with Crippen molar-refractivity contribution >= 4 is 27.6 Å². The molecule has 0 bridgehead atoms. The molecule has 0 amide bonds. The summed E-state index contributed by atoms with van der Waals surface area (Å²) in [6.07, 6.45) is 1.20. The Morgan fingerprint density at radius 3 is 2.69 bits per heavy atom. The summed E-state index contributed by atoms with van der Waals surface area (Å²) in [7, 11) is 0. The fourth-order valence-electron chi connectivity index (χ4n) is 1.09. The van der Waals surface area contributed by atoms with Crippen molar-refractivity contribution in [2.75, 3.05) is 0 Å². The van der Waals surface area contributed by atoms with Crippen molar-refractivity contribution < 1.29 is 14.8 Å². The Hall–Kier alpha value is -1.70. The van der Waals surface area contributed by atoms with Crippen molar-refractivity contribution in [2.24, 2.45) is 0 Å². The van der Waals surface area contributed by atoms with Crippen molar-refractivity contribution in [3.8, 4) is 0 Å². The molecule has 0 aromatic carbocycles. The third-order valence-electron chi connectivity index (χ3n) is 1.96. The van der Waals surface area contributed by atoms with Gasteiger partial charge < -0.3 is 5.11 Å². The minimum absolute atomic E-state index is 0.270. The number of rotatable bonds is 3. The van der Waals surface area contributed by atoms with Crippen molar-refractivity contribution in [3.63, 3.8) is 0 Å². The number of hydrogen-bond donors (Lipinski definition) is 1. The van der Waals surface area contributed by atoms with Gasteiger partial charge in [-0.05, 0) is 22.9 Å². The normalized spacial score (nSPS) is 12.1. The highest BCUT2D eigenvalue weighted by atomic mass is 79.9. The molecule has 1 aromatic rings. The zero-order chi connectivity index (χ0) is 12.5. The summed E-state index contributed by atoms with van der Waals surface area (Å²) >= 11 is 2.98. The first-order chi connectivity index (χ1) is 7.34. The van der Waals surface area contributed by atoms with E-state index in [0.717, 1.165) is 10.6 Å². The van der Waals surface area contributed by atoms with Gasteiger partial charge in [-0.25, -0.2) is 4.79 Å². The van der Waals surface area contributed by atoms with Gasteiger partial charge in [0.1, 0.15) is 6.04 Å². The summed E-state index contributed by atoms with van der Waals surface area (Å²) in [6, 6.07) is -0.128. The van der Waals surface area contributed by atoms with E-state index in [2.05, 4.69) is 15.9 Å². The van der Waals surface area contributed by atoms with Crippen LogP contribution in [-0.2, 0) is 4.79 Å². The van der Waals surface area contributed by atoms with Gasteiger partial charge in [-0.1, -0.05) is 0 Å². The lowest BCUT2D eigenvalue weighted by Crippen LogP contribution is -2.29. The zero-order valence-corrected chi connectivity index (χ0v) is 9.67. The van der Waals surface area contributed by atoms with Gasteiger partial charge in [0.25, 0.3) is 0 Å². The smallest absolute Gasteiger partial charge is 0.335 e. The molecule has 0 spiro atoms. The molecular formula is C8H7BrN2O5. The predicted molar refractivity (Wildman–Crippen MR) is 57.4 cm³/mol. The van der Waals surface area contributed by atoms with Gasteiger partial charge in [0.2, 0.25) is 0 Å². The highest BCUT2D eigenvalue weighted by molar-refractivity contribution is 9.10. The molecule has 1 aromatic heterocycles. The van der Waals surface area contributed by atoms with E-state index in [0.29, 0.717) is 0 Å². The maximum Gasteiger partial charge on any atom is 0.335 e. The number of hydrogen-bond acceptors (Lipinski definition) is 4. The van der Waals surface area contributed by atoms with Crippen LogP contribution in [0.15, 0.2) is 21.5 Å². The van der Waals surface area contributed by atoms with E-state index in [4.69, 9.17) is 5.11 Å². The molecule has 0 aliphatic rings. The van der Waals surface area contributed by atoms with E-state index in [1.165, 1.54) is 13.1 Å². The monoisotopic (exact) mass is 290 g/mol. The van der Waals surface area contributed by atoms with E-state index in [1.54, 1.807) is 0 Å². The third-order valence-corrected chi connectivity index (χ3v) is 2.40. The molecule has 1 heterocycles. The fraction of sp³-hybridized carbons (Fsp3) is 0.250. The number of aliphatic carboxylic acids is 1. The summed E-state index contributed by atoms with van der Waals surface area (Å²) in [4.78, 5) is 31.9. The maximum absolute atomic E-state index is 11.5. The minimum Gasteiger partial charge on any atom is -0.480 e. The number of halogens is 1.